The number of hydrogen-bond donors (Lipinski definition) is 1. The summed E-state index contributed by atoms with van der Waals surface area (Å²) in [5.74, 6) is 0.927. The fourth-order valence-electron chi connectivity index (χ4n) is 3.85. The van der Waals surface area contributed by atoms with Gasteiger partial charge < -0.3 is 14.3 Å². The molecule has 0 fully saturated rings. The lowest BCUT2D eigenvalue weighted by molar-refractivity contribution is -0.151. The van der Waals surface area contributed by atoms with Gasteiger partial charge in [-0.1, -0.05) is 91.3 Å². The molecule has 6 heteroatoms. The summed E-state index contributed by atoms with van der Waals surface area (Å²) >= 11 is 10.4. The molecule has 4 nitrogen and oxygen atoms in total. The molecule has 1 aromatic rings. The third kappa shape index (κ3) is 13.2. The summed E-state index contributed by atoms with van der Waals surface area (Å²) in [5, 5.41) is 0. The number of nitrogens with zero attached hydrogens (tertiary/aromatic N) is 1. The van der Waals surface area contributed by atoms with E-state index < -0.39 is 0 Å². The molecular formula is C25H44N2O2S2. The van der Waals surface area contributed by atoms with E-state index in [1.807, 2.05) is 12.3 Å². The van der Waals surface area contributed by atoms with Crippen molar-refractivity contribution >= 4 is 30.4 Å². The van der Waals surface area contributed by atoms with E-state index >= 15 is 0 Å². The van der Waals surface area contributed by atoms with Gasteiger partial charge in [-0.05, 0) is 49.4 Å². The number of aryl methyl sites for hydroxylation is 1. The number of aromatic amines is 1. The van der Waals surface area contributed by atoms with Crippen molar-refractivity contribution in [2.24, 2.45) is 17.8 Å². The zero-order valence-corrected chi connectivity index (χ0v) is 21.8. The van der Waals surface area contributed by atoms with E-state index in [1.54, 1.807) is 0 Å². The smallest absolute Gasteiger partial charge is 0.309 e. The fourth-order valence-corrected chi connectivity index (χ4v) is 4.33. The van der Waals surface area contributed by atoms with Gasteiger partial charge in [0.25, 0.3) is 0 Å². The van der Waals surface area contributed by atoms with Crippen LogP contribution in [0.5, 0.6) is 0 Å². The van der Waals surface area contributed by atoms with Gasteiger partial charge in [-0.3, -0.25) is 4.79 Å². The van der Waals surface area contributed by atoms with Crippen LogP contribution in [-0.4, -0.2) is 22.1 Å². The highest BCUT2D eigenvalue weighted by molar-refractivity contribution is 7.72. The number of esters is 1. The van der Waals surface area contributed by atoms with Crippen molar-refractivity contribution in [1.29, 1.82) is 0 Å². The Morgan fingerprint density at radius 2 is 1.48 bits per heavy atom. The number of aromatic nitrogens is 2. The molecule has 1 heterocycles. The van der Waals surface area contributed by atoms with Gasteiger partial charge in [0.2, 0.25) is 0 Å². The third-order valence-electron chi connectivity index (χ3n) is 5.77. The van der Waals surface area contributed by atoms with Gasteiger partial charge in [0.1, 0.15) is 4.64 Å². The molecular weight excluding hydrogens is 424 g/mol. The summed E-state index contributed by atoms with van der Waals surface area (Å²) in [6, 6.07) is 1.89. The first-order chi connectivity index (χ1) is 14.8. The Hall–Kier alpha value is -1.01. The number of ether oxygens (including phenoxy) is 1. The topological polar surface area (TPSA) is 47.0 Å². The molecule has 1 unspecified atom stereocenters. The van der Waals surface area contributed by atoms with Gasteiger partial charge in [-0.15, -0.1) is 0 Å². The van der Waals surface area contributed by atoms with Crippen LogP contribution in [0.25, 0.3) is 0 Å². The molecule has 0 saturated carbocycles. The Kier molecular flexibility index (Phi) is 15.0. The van der Waals surface area contributed by atoms with Gasteiger partial charge in [-0.2, -0.15) is 0 Å². The average molecular weight is 469 g/mol. The Bertz CT molecular complexity index is 725. The number of carbonyl (C=O) groups is 1. The average Bonchev–Trinajstić information content (AvgIpc) is 2.70. The molecule has 0 amide bonds. The van der Waals surface area contributed by atoms with E-state index in [0.29, 0.717) is 23.1 Å². The van der Waals surface area contributed by atoms with Crippen molar-refractivity contribution in [3.05, 3.63) is 21.7 Å². The minimum atomic E-state index is 0.00144. The molecule has 1 rings (SSSR count). The molecule has 0 aromatic carbocycles. The SMILES string of the molecule is CC(C)CC(C(=O)OCCCCCCCCCCCCn1ccc(=S)[nH]c1=S)C(C)C. The molecule has 31 heavy (non-hydrogen) atoms. The minimum absolute atomic E-state index is 0.00144. The van der Waals surface area contributed by atoms with Crippen LogP contribution in [0.15, 0.2) is 12.3 Å². The molecule has 0 radical (unpaired) electrons. The number of carbonyl (C=O) groups excluding carboxylic acids is 1. The largest absolute Gasteiger partial charge is 0.465 e. The van der Waals surface area contributed by atoms with Crippen LogP contribution < -0.4 is 0 Å². The molecule has 0 spiro atoms. The molecule has 0 aliphatic rings. The highest BCUT2D eigenvalue weighted by Crippen LogP contribution is 2.22. The van der Waals surface area contributed by atoms with Crippen molar-refractivity contribution < 1.29 is 9.53 Å². The van der Waals surface area contributed by atoms with Crippen molar-refractivity contribution in [2.45, 2.75) is 105 Å². The van der Waals surface area contributed by atoms with E-state index in [2.05, 4.69) is 37.2 Å². The zero-order valence-electron chi connectivity index (χ0n) is 20.2. The molecule has 1 aromatic heterocycles. The molecule has 0 saturated heterocycles. The maximum atomic E-state index is 12.3. The summed E-state index contributed by atoms with van der Waals surface area (Å²) in [4.78, 5) is 15.3. The fraction of sp³-hybridized carbons (Fsp3) is 0.800. The number of rotatable bonds is 17. The van der Waals surface area contributed by atoms with Gasteiger partial charge in [-0.25, -0.2) is 0 Å². The van der Waals surface area contributed by atoms with Crippen LogP contribution in [-0.2, 0) is 16.1 Å². The van der Waals surface area contributed by atoms with E-state index in [1.165, 1.54) is 44.9 Å². The first kappa shape index (κ1) is 28.0. The first-order valence-corrected chi connectivity index (χ1v) is 13.1. The first-order valence-electron chi connectivity index (χ1n) is 12.3. The van der Waals surface area contributed by atoms with Crippen molar-refractivity contribution in [3.63, 3.8) is 0 Å². The molecule has 1 N–H and O–H groups in total. The van der Waals surface area contributed by atoms with Crippen LogP contribution in [0.3, 0.4) is 0 Å². The number of H-pyrrole nitrogens is 1. The number of unbranched alkanes of at least 4 members (excludes halogenated alkanes) is 9. The molecule has 0 aliphatic carbocycles. The van der Waals surface area contributed by atoms with Crippen LogP contribution >= 0.6 is 24.4 Å². The number of hydrogen-bond acceptors (Lipinski definition) is 4. The second-order valence-corrected chi connectivity index (χ2v) is 10.3. The van der Waals surface area contributed by atoms with Crippen LogP contribution in [0.4, 0.5) is 0 Å². The summed E-state index contributed by atoms with van der Waals surface area (Å²) in [6.45, 7) is 10.1. The van der Waals surface area contributed by atoms with Crippen molar-refractivity contribution in [3.8, 4) is 0 Å². The molecule has 0 bridgehead atoms. The lowest BCUT2D eigenvalue weighted by Crippen LogP contribution is -2.24. The Morgan fingerprint density at radius 3 is 2.00 bits per heavy atom. The van der Waals surface area contributed by atoms with E-state index in [0.717, 1.165) is 37.0 Å². The maximum Gasteiger partial charge on any atom is 0.309 e. The molecule has 178 valence electrons. The monoisotopic (exact) mass is 468 g/mol. The summed E-state index contributed by atoms with van der Waals surface area (Å²) in [7, 11) is 0. The van der Waals surface area contributed by atoms with Crippen LogP contribution in [0.1, 0.15) is 98.3 Å². The standard InChI is InChI=1S/C25H44N2O2S2/c1-20(2)19-22(21(3)4)24(28)29-18-14-12-10-8-6-5-7-9-11-13-16-27-17-15-23(30)26-25(27)31/h15,17,20-22H,5-14,16,18-19H2,1-4H3,(H,26,30,31). The van der Waals surface area contributed by atoms with Crippen molar-refractivity contribution in [1.82, 2.24) is 9.55 Å². The van der Waals surface area contributed by atoms with Gasteiger partial charge in [0.05, 0.1) is 12.5 Å². The van der Waals surface area contributed by atoms with Crippen LogP contribution in [0.2, 0.25) is 0 Å². The van der Waals surface area contributed by atoms with Gasteiger partial charge >= 0.3 is 5.97 Å². The zero-order chi connectivity index (χ0) is 23.1. The summed E-state index contributed by atoms with van der Waals surface area (Å²) in [6.07, 6.45) is 15.2. The second-order valence-electron chi connectivity index (χ2n) is 9.49. The van der Waals surface area contributed by atoms with Gasteiger partial charge in [0.15, 0.2) is 4.77 Å². The third-order valence-corrected chi connectivity index (χ3v) is 6.34. The van der Waals surface area contributed by atoms with E-state index in [9.17, 15) is 4.79 Å². The lowest BCUT2D eigenvalue weighted by Gasteiger charge is -2.21. The number of nitrogens with one attached hydrogen (secondary N) is 1. The Morgan fingerprint density at radius 1 is 0.935 bits per heavy atom. The summed E-state index contributed by atoms with van der Waals surface area (Å²) < 4.78 is 9.02. The maximum absolute atomic E-state index is 12.3. The highest BCUT2D eigenvalue weighted by Gasteiger charge is 2.24. The van der Waals surface area contributed by atoms with Crippen molar-refractivity contribution in [2.75, 3.05) is 6.61 Å². The lowest BCUT2D eigenvalue weighted by atomic mass is 9.88. The predicted octanol–water partition coefficient (Wildman–Crippen LogP) is 8.04. The Balaban J connectivity index is 1.94. The van der Waals surface area contributed by atoms with Crippen LogP contribution in [0, 0.1) is 27.2 Å². The van der Waals surface area contributed by atoms with E-state index in [-0.39, 0.29) is 11.9 Å². The minimum Gasteiger partial charge on any atom is -0.465 e. The molecule has 1 atom stereocenters. The van der Waals surface area contributed by atoms with Gasteiger partial charge in [0, 0.05) is 12.7 Å². The molecule has 0 aliphatic heterocycles. The predicted molar refractivity (Wildman–Crippen MR) is 135 cm³/mol. The van der Waals surface area contributed by atoms with E-state index in [4.69, 9.17) is 29.2 Å². The highest BCUT2D eigenvalue weighted by atomic mass is 32.1. The normalized spacial score (nSPS) is 12.5. The Labute approximate surface area is 200 Å². The summed E-state index contributed by atoms with van der Waals surface area (Å²) in [5.41, 5.74) is 0. The quantitative estimate of drug-likeness (QED) is 0.143. The second kappa shape index (κ2) is 16.6.